The number of carbonyl (C=O) groups is 1. The van der Waals surface area contributed by atoms with E-state index in [1.54, 1.807) is 6.07 Å². The van der Waals surface area contributed by atoms with Crippen LogP contribution in [-0.4, -0.2) is 23.2 Å². The smallest absolute Gasteiger partial charge is 0.326 e. The van der Waals surface area contributed by atoms with Crippen LogP contribution in [0.4, 0.5) is 0 Å². The topological polar surface area (TPSA) is 85.4 Å². The molecule has 1 aromatic rings. The first-order valence-corrected chi connectivity index (χ1v) is 4.53. The van der Waals surface area contributed by atoms with Crippen molar-refractivity contribution in [2.24, 2.45) is 5.73 Å². The highest BCUT2D eigenvalue weighted by Gasteiger charge is 2.18. The van der Waals surface area contributed by atoms with Gasteiger partial charge in [-0.1, -0.05) is 0 Å². The average molecular weight is 261 g/mol. The molecular formula is C8H9BrN2O3. The number of ether oxygens (including phenoxy) is 1. The predicted molar refractivity (Wildman–Crippen MR) is 53.1 cm³/mol. The second kappa shape index (κ2) is 4.39. The summed E-state index contributed by atoms with van der Waals surface area (Å²) in [7, 11) is 1.50. The summed E-state index contributed by atoms with van der Waals surface area (Å²) < 4.78 is 5.43. The molecule has 5 nitrogen and oxygen atoms in total. The fourth-order valence-electron chi connectivity index (χ4n) is 0.888. The SMILES string of the molecule is COc1cnc(C(N)C(=O)O)c(Br)c1. The molecule has 0 radical (unpaired) electrons. The van der Waals surface area contributed by atoms with Crippen LogP contribution in [0.3, 0.4) is 0 Å². The number of nitrogens with two attached hydrogens (primary N) is 1. The third-order valence-corrected chi connectivity index (χ3v) is 2.28. The molecule has 0 saturated heterocycles. The van der Waals surface area contributed by atoms with Gasteiger partial charge >= 0.3 is 5.97 Å². The summed E-state index contributed by atoms with van der Waals surface area (Å²) in [5.74, 6) is -0.582. The van der Waals surface area contributed by atoms with Gasteiger partial charge in [0.15, 0.2) is 0 Å². The maximum atomic E-state index is 10.6. The Morgan fingerprint density at radius 1 is 1.79 bits per heavy atom. The van der Waals surface area contributed by atoms with Crippen molar-refractivity contribution in [2.45, 2.75) is 6.04 Å². The Morgan fingerprint density at radius 3 is 2.86 bits per heavy atom. The standard InChI is InChI=1S/C8H9BrN2O3/c1-14-4-2-5(9)7(11-3-4)6(10)8(12)13/h2-3,6H,10H2,1H3,(H,12,13). The lowest BCUT2D eigenvalue weighted by Crippen LogP contribution is -2.22. The molecule has 1 unspecified atom stereocenters. The van der Waals surface area contributed by atoms with Crippen molar-refractivity contribution in [3.05, 3.63) is 22.4 Å². The normalized spacial score (nSPS) is 12.2. The van der Waals surface area contributed by atoms with Gasteiger partial charge in [0, 0.05) is 4.47 Å². The Bertz CT molecular complexity index is 356. The van der Waals surface area contributed by atoms with E-state index in [4.69, 9.17) is 15.6 Å². The number of rotatable bonds is 3. The Morgan fingerprint density at radius 2 is 2.43 bits per heavy atom. The van der Waals surface area contributed by atoms with Gasteiger partial charge in [0.05, 0.1) is 19.0 Å². The first kappa shape index (κ1) is 10.9. The molecule has 1 heterocycles. The van der Waals surface area contributed by atoms with Crippen LogP contribution in [0.15, 0.2) is 16.7 Å². The highest BCUT2D eigenvalue weighted by Crippen LogP contribution is 2.24. The molecule has 1 atom stereocenters. The number of methoxy groups -OCH3 is 1. The zero-order valence-corrected chi connectivity index (χ0v) is 8.98. The summed E-state index contributed by atoms with van der Waals surface area (Å²) in [6.07, 6.45) is 1.42. The molecule has 1 rings (SSSR count). The Kier molecular flexibility index (Phi) is 3.43. The summed E-state index contributed by atoms with van der Waals surface area (Å²) in [5.41, 5.74) is 5.67. The summed E-state index contributed by atoms with van der Waals surface area (Å²) in [4.78, 5) is 14.5. The van der Waals surface area contributed by atoms with Gasteiger partial charge in [-0.15, -0.1) is 0 Å². The lowest BCUT2D eigenvalue weighted by atomic mass is 10.2. The van der Waals surface area contributed by atoms with E-state index in [0.717, 1.165) is 0 Å². The van der Waals surface area contributed by atoms with Crippen LogP contribution in [0.5, 0.6) is 5.75 Å². The molecule has 0 spiro atoms. The molecule has 76 valence electrons. The highest BCUT2D eigenvalue weighted by atomic mass is 79.9. The van der Waals surface area contributed by atoms with Gasteiger partial charge in [-0.25, -0.2) is 0 Å². The molecule has 0 aliphatic carbocycles. The second-order valence-corrected chi connectivity index (χ2v) is 3.41. The van der Waals surface area contributed by atoms with Gasteiger partial charge in [0.25, 0.3) is 0 Å². The third kappa shape index (κ3) is 2.21. The third-order valence-electron chi connectivity index (χ3n) is 1.64. The van der Waals surface area contributed by atoms with E-state index in [9.17, 15) is 4.79 Å². The summed E-state index contributed by atoms with van der Waals surface area (Å²) in [5, 5.41) is 8.67. The number of aromatic nitrogens is 1. The van der Waals surface area contributed by atoms with E-state index in [1.165, 1.54) is 13.3 Å². The molecule has 0 fully saturated rings. The number of nitrogens with zero attached hydrogens (tertiary/aromatic N) is 1. The Balaban J connectivity index is 3.05. The molecule has 0 aromatic carbocycles. The first-order chi connectivity index (χ1) is 6.56. The van der Waals surface area contributed by atoms with Crippen molar-refractivity contribution >= 4 is 21.9 Å². The van der Waals surface area contributed by atoms with Gasteiger partial charge in [-0.2, -0.15) is 0 Å². The van der Waals surface area contributed by atoms with E-state index in [0.29, 0.717) is 10.2 Å². The van der Waals surface area contributed by atoms with Crippen molar-refractivity contribution < 1.29 is 14.6 Å². The van der Waals surface area contributed by atoms with Crippen molar-refractivity contribution in [1.29, 1.82) is 0 Å². The van der Waals surface area contributed by atoms with Crippen LogP contribution in [-0.2, 0) is 4.79 Å². The summed E-state index contributed by atoms with van der Waals surface area (Å²) in [6, 6.07) is 0.487. The van der Waals surface area contributed by atoms with Crippen molar-refractivity contribution in [2.75, 3.05) is 7.11 Å². The van der Waals surface area contributed by atoms with Gasteiger partial charge in [0.2, 0.25) is 0 Å². The molecule has 0 aliphatic rings. The molecular weight excluding hydrogens is 252 g/mol. The fraction of sp³-hybridized carbons (Fsp3) is 0.250. The molecule has 0 bridgehead atoms. The van der Waals surface area contributed by atoms with E-state index in [1.807, 2.05) is 0 Å². The molecule has 0 aliphatic heterocycles. The first-order valence-electron chi connectivity index (χ1n) is 3.74. The number of carboxylic acid groups (broad SMARTS) is 1. The van der Waals surface area contributed by atoms with Crippen molar-refractivity contribution in [1.82, 2.24) is 4.98 Å². The van der Waals surface area contributed by atoms with Crippen molar-refractivity contribution in [3.8, 4) is 5.75 Å². The van der Waals surface area contributed by atoms with E-state index in [2.05, 4.69) is 20.9 Å². The molecule has 0 amide bonds. The molecule has 6 heteroatoms. The molecule has 14 heavy (non-hydrogen) atoms. The van der Waals surface area contributed by atoms with Gasteiger partial charge in [-0.05, 0) is 22.0 Å². The van der Waals surface area contributed by atoms with Gasteiger partial charge in [-0.3, -0.25) is 9.78 Å². The summed E-state index contributed by atoms with van der Waals surface area (Å²) in [6.45, 7) is 0. The fourth-order valence-corrected chi connectivity index (χ4v) is 1.46. The Hall–Kier alpha value is -1.14. The number of aliphatic carboxylic acids is 1. The minimum atomic E-state index is -1.13. The van der Waals surface area contributed by atoms with E-state index in [-0.39, 0.29) is 5.69 Å². The maximum absolute atomic E-state index is 10.6. The lowest BCUT2D eigenvalue weighted by Gasteiger charge is -2.08. The van der Waals surface area contributed by atoms with Crippen LogP contribution < -0.4 is 10.5 Å². The maximum Gasteiger partial charge on any atom is 0.326 e. The second-order valence-electron chi connectivity index (χ2n) is 2.56. The van der Waals surface area contributed by atoms with Crippen LogP contribution in [0, 0.1) is 0 Å². The van der Waals surface area contributed by atoms with Crippen molar-refractivity contribution in [3.63, 3.8) is 0 Å². The van der Waals surface area contributed by atoms with E-state index >= 15 is 0 Å². The summed E-state index contributed by atoms with van der Waals surface area (Å²) >= 11 is 3.17. The monoisotopic (exact) mass is 260 g/mol. The highest BCUT2D eigenvalue weighted by molar-refractivity contribution is 9.10. The number of pyridine rings is 1. The van der Waals surface area contributed by atoms with Crippen LogP contribution in [0.2, 0.25) is 0 Å². The average Bonchev–Trinajstić information content (AvgIpc) is 2.16. The predicted octanol–water partition coefficient (Wildman–Crippen LogP) is 0.937. The van der Waals surface area contributed by atoms with Crippen LogP contribution in [0.25, 0.3) is 0 Å². The van der Waals surface area contributed by atoms with Crippen LogP contribution >= 0.6 is 15.9 Å². The largest absolute Gasteiger partial charge is 0.495 e. The van der Waals surface area contributed by atoms with Gasteiger partial charge in [0.1, 0.15) is 11.8 Å². The number of hydrogen-bond donors (Lipinski definition) is 2. The molecule has 0 saturated carbocycles. The van der Waals surface area contributed by atoms with Gasteiger partial charge < -0.3 is 15.6 Å². The molecule has 1 aromatic heterocycles. The number of carboxylic acids is 1. The lowest BCUT2D eigenvalue weighted by molar-refractivity contribution is -0.138. The zero-order chi connectivity index (χ0) is 10.7. The minimum absolute atomic E-state index is 0.276. The van der Waals surface area contributed by atoms with E-state index < -0.39 is 12.0 Å². The minimum Gasteiger partial charge on any atom is -0.495 e. The Labute approximate surface area is 89.0 Å². The number of hydrogen-bond acceptors (Lipinski definition) is 4. The zero-order valence-electron chi connectivity index (χ0n) is 7.40. The molecule has 3 N–H and O–H groups in total. The number of halogens is 1. The quantitative estimate of drug-likeness (QED) is 0.845. The van der Waals surface area contributed by atoms with Crippen LogP contribution in [0.1, 0.15) is 11.7 Å².